The van der Waals surface area contributed by atoms with Crippen molar-refractivity contribution in [2.45, 2.75) is 46.1 Å². The Morgan fingerprint density at radius 2 is 1.90 bits per heavy atom. The Morgan fingerprint density at radius 1 is 1.24 bits per heavy atom. The van der Waals surface area contributed by atoms with E-state index in [2.05, 4.69) is 5.43 Å². The Labute approximate surface area is 125 Å². The van der Waals surface area contributed by atoms with Crippen molar-refractivity contribution in [1.82, 2.24) is 10.4 Å². The van der Waals surface area contributed by atoms with E-state index in [1.165, 1.54) is 5.01 Å². The molecule has 0 radical (unpaired) electrons. The third kappa shape index (κ3) is 3.51. The minimum atomic E-state index is -0.479. The molecule has 0 aromatic heterocycles. The van der Waals surface area contributed by atoms with Crippen molar-refractivity contribution in [3.8, 4) is 0 Å². The second-order valence-electron chi connectivity index (χ2n) is 6.39. The lowest BCUT2D eigenvalue weighted by atomic mass is 9.96. The maximum atomic E-state index is 12.4. The van der Waals surface area contributed by atoms with E-state index in [0.29, 0.717) is 5.56 Å². The molecule has 112 valence electrons. The number of amides is 2. The molecule has 0 aliphatic heterocycles. The summed E-state index contributed by atoms with van der Waals surface area (Å²) in [5.41, 5.74) is 4.61. The second kappa shape index (κ2) is 5.72. The molecule has 1 aromatic carbocycles. The monoisotopic (exact) mass is 286 g/mol. The van der Waals surface area contributed by atoms with Crippen LogP contribution in [0, 0.1) is 6.92 Å². The lowest BCUT2D eigenvalue weighted by molar-refractivity contribution is -0.135. The van der Waals surface area contributed by atoms with Gasteiger partial charge in [0.25, 0.3) is 11.8 Å². The highest BCUT2D eigenvalue weighted by molar-refractivity contribution is 5.99. The number of hydrogen-bond acceptors (Lipinski definition) is 2. The lowest BCUT2D eigenvalue weighted by Gasteiger charge is -2.37. The summed E-state index contributed by atoms with van der Waals surface area (Å²) in [6.07, 6.45) is 3.64. The predicted molar refractivity (Wildman–Crippen MR) is 82.6 cm³/mol. The summed E-state index contributed by atoms with van der Waals surface area (Å²) in [5.74, 6) is -0.378. The van der Waals surface area contributed by atoms with Gasteiger partial charge in [-0.15, -0.1) is 0 Å². The Hall–Kier alpha value is -2.10. The molecule has 2 rings (SSSR count). The van der Waals surface area contributed by atoms with Gasteiger partial charge >= 0.3 is 0 Å². The highest BCUT2D eigenvalue weighted by Crippen LogP contribution is 2.23. The van der Waals surface area contributed by atoms with Gasteiger partial charge in [0.2, 0.25) is 0 Å². The minimum Gasteiger partial charge on any atom is -0.268 e. The first kappa shape index (κ1) is 15.3. The summed E-state index contributed by atoms with van der Waals surface area (Å²) in [7, 11) is 0. The number of allylic oxidation sites excluding steroid dienone is 1. The molecule has 1 aromatic rings. The maximum Gasteiger partial charge on any atom is 0.269 e. The Morgan fingerprint density at radius 3 is 2.38 bits per heavy atom. The van der Waals surface area contributed by atoms with Crippen LogP contribution in [0.2, 0.25) is 0 Å². The first-order valence-electron chi connectivity index (χ1n) is 7.20. The van der Waals surface area contributed by atoms with Crippen LogP contribution in [0.1, 0.15) is 49.5 Å². The molecular weight excluding hydrogens is 264 g/mol. The number of aryl methyl sites for hydroxylation is 1. The molecule has 0 unspecified atom stereocenters. The molecule has 1 aliphatic carbocycles. The number of nitrogens with zero attached hydrogens (tertiary/aromatic N) is 1. The molecule has 0 atom stereocenters. The zero-order valence-corrected chi connectivity index (χ0v) is 13.1. The van der Waals surface area contributed by atoms with Crippen LogP contribution in [0.15, 0.2) is 35.9 Å². The number of benzene rings is 1. The molecule has 1 aliphatic rings. The van der Waals surface area contributed by atoms with E-state index in [0.717, 1.165) is 24.0 Å². The fourth-order valence-corrected chi connectivity index (χ4v) is 2.10. The Balaban J connectivity index is 2.19. The summed E-state index contributed by atoms with van der Waals surface area (Å²) < 4.78 is 0. The van der Waals surface area contributed by atoms with Gasteiger partial charge in [0.05, 0.1) is 5.54 Å². The fraction of sp³-hybridized carbons (Fsp3) is 0.412. The van der Waals surface area contributed by atoms with Crippen molar-refractivity contribution < 1.29 is 9.59 Å². The molecule has 0 spiro atoms. The Kier molecular flexibility index (Phi) is 4.16. The largest absolute Gasteiger partial charge is 0.269 e. The van der Waals surface area contributed by atoms with Crippen LogP contribution in [0.3, 0.4) is 0 Å². The molecule has 21 heavy (non-hydrogen) atoms. The van der Waals surface area contributed by atoms with Crippen molar-refractivity contribution in [1.29, 1.82) is 0 Å². The molecule has 0 heterocycles. The molecule has 0 saturated heterocycles. The number of hydrazine groups is 1. The first-order valence-corrected chi connectivity index (χ1v) is 7.20. The quantitative estimate of drug-likeness (QED) is 0.850. The lowest BCUT2D eigenvalue weighted by Crippen LogP contribution is -2.56. The molecular formula is C17H22N2O2. The van der Waals surface area contributed by atoms with Gasteiger partial charge in [-0.1, -0.05) is 23.8 Å². The zero-order chi connectivity index (χ0) is 15.6. The van der Waals surface area contributed by atoms with Gasteiger partial charge < -0.3 is 0 Å². The number of nitrogens with one attached hydrogen (secondary N) is 1. The van der Waals surface area contributed by atoms with Gasteiger partial charge in [-0.05, 0) is 52.7 Å². The van der Waals surface area contributed by atoms with Gasteiger partial charge in [-0.25, -0.2) is 5.01 Å². The highest BCUT2D eigenvalue weighted by Gasteiger charge is 2.31. The van der Waals surface area contributed by atoms with E-state index in [-0.39, 0.29) is 11.8 Å². The van der Waals surface area contributed by atoms with Crippen LogP contribution in [0.5, 0.6) is 0 Å². The van der Waals surface area contributed by atoms with E-state index in [1.807, 2.05) is 52.0 Å². The van der Waals surface area contributed by atoms with E-state index < -0.39 is 5.54 Å². The Bertz CT molecular complexity index is 597. The molecule has 0 fully saturated rings. The van der Waals surface area contributed by atoms with E-state index in [9.17, 15) is 9.59 Å². The number of carbonyl (C=O) groups excluding carboxylic acids is 2. The maximum absolute atomic E-state index is 12.4. The minimum absolute atomic E-state index is 0.116. The zero-order valence-electron chi connectivity index (χ0n) is 13.1. The van der Waals surface area contributed by atoms with Crippen molar-refractivity contribution >= 4 is 11.8 Å². The second-order valence-corrected chi connectivity index (χ2v) is 6.39. The average molecular weight is 286 g/mol. The van der Waals surface area contributed by atoms with Gasteiger partial charge in [0.1, 0.15) is 0 Å². The van der Waals surface area contributed by atoms with E-state index in [4.69, 9.17) is 0 Å². The molecule has 4 heteroatoms. The number of carbonyl (C=O) groups is 2. The van der Waals surface area contributed by atoms with Crippen LogP contribution >= 0.6 is 0 Å². The SMILES string of the molecule is Cc1cccc(C(=O)NN(C(=O)C2=CCC2)C(C)(C)C)c1. The fourth-order valence-electron chi connectivity index (χ4n) is 2.10. The average Bonchev–Trinajstić information content (AvgIpc) is 2.31. The van der Waals surface area contributed by atoms with Crippen LogP contribution in [-0.2, 0) is 4.79 Å². The molecule has 0 bridgehead atoms. The summed E-state index contributed by atoms with van der Waals surface area (Å²) in [5, 5.41) is 1.43. The van der Waals surface area contributed by atoms with Crippen LogP contribution < -0.4 is 5.43 Å². The van der Waals surface area contributed by atoms with Gasteiger partial charge in [0.15, 0.2) is 0 Å². The van der Waals surface area contributed by atoms with E-state index >= 15 is 0 Å². The molecule has 2 amide bonds. The summed E-state index contributed by atoms with van der Waals surface area (Å²) in [6.45, 7) is 7.64. The van der Waals surface area contributed by atoms with Gasteiger partial charge in [0, 0.05) is 11.1 Å². The summed E-state index contributed by atoms with van der Waals surface area (Å²) in [6, 6.07) is 7.32. The van der Waals surface area contributed by atoms with Gasteiger partial charge in [-0.2, -0.15) is 0 Å². The summed E-state index contributed by atoms with van der Waals surface area (Å²) >= 11 is 0. The number of hydrogen-bond donors (Lipinski definition) is 1. The topological polar surface area (TPSA) is 49.4 Å². The molecule has 1 N–H and O–H groups in total. The van der Waals surface area contributed by atoms with Crippen molar-refractivity contribution in [2.24, 2.45) is 0 Å². The molecule has 0 saturated carbocycles. The van der Waals surface area contributed by atoms with Crippen molar-refractivity contribution in [3.05, 3.63) is 47.0 Å². The third-order valence-electron chi connectivity index (χ3n) is 3.45. The van der Waals surface area contributed by atoms with Crippen molar-refractivity contribution in [3.63, 3.8) is 0 Å². The van der Waals surface area contributed by atoms with E-state index in [1.54, 1.807) is 6.07 Å². The standard InChI is InChI=1S/C17H22N2O2/c1-12-7-5-10-14(11-12)15(20)18-19(17(2,3)4)16(21)13-8-6-9-13/h5,7-8,10-11H,6,9H2,1-4H3,(H,18,20). The van der Waals surface area contributed by atoms with Crippen LogP contribution in [0.4, 0.5) is 0 Å². The number of rotatable bonds is 2. The van der Waals surface area contributed by atoms with Crippen LogP contribution in [0.25, 0.3) is 0 Å². The predicted octanol–water partition coefficient (Wildman–Crippen LogP) is 2.99. The third-order valence-corrected chi connectivity index (χ3v) is 3.45. The molecule has 4 nitrogen and oxygen atoms in total. The van der Waals surface area contributed by atoms with Crippen molar-refractivity contribution in [2.75, 3.05) is 0 Å². The van der Waals surface area contributed by atoms with Gasteiger partial charge in [-0.3, -0.25) is 15.0 Å². The summed E-state index contributed by atoms with van der Waals surface area (Å²) in [4.78, 5) is 24.8. The first-order chi connectivity index (χ1) is 9.79. The smallest absolute Gasteiger partial charge is 0.268 e. The normalized spacial score (nSPS) is 14.0. The van der Waals surface area contributed by atoms with Crippen LogP contribution in [-0.4, -0.2) is 22.4 Å². The highest BCUT2D eigenvalue weighted by atomic mass is 16.2.